The highest BCUT2D eigenvalue weighted by molar-refractivity contribution is 5.44. The first kappa shape index (κ1) is 14.8. The minimum absolute atomic E-state index is 0.00516. The summed E-state index contributed by atoms with van der Waals surface area (Å²) in [5, 5.41) is 12.3. The lowest BCUT2D eigenvalue weighted by atomic mass is 10.2. The molecule has 2 atom stereocenters. The van der Waals surface area contributed by atoms with Gasteiger partial charge in [-0.25, -0.2) is 4.98 Å². The summed E-state index contributed by atoms with van der Waals surface area (Å²) < 4.78 is 43.4. The molecule has 2 heterocycles. The molecular formula is C11H15F3N4O2. The number of aliphatic hydroxyl groups excluding tert-OH is 1. The molecule has 1 aromatic heterocycles. The largest absolute Gasteiger partial charge is 0.433 e. The third kappa shape index (κ3) is 3.28. The second-order valence-electron chi connectivity index (χ2n) is 4.69. The zero-order valence-corrected chi connectivity index (χ0v) is 11.0. The molecule has 1 saturated heterocycles. The van der Waals surface area contributed by atoms with Crippen molar-refractivity contribution in [3.05, 3.63) is 11.8 Å². The highest BCUT2D eigenvalue weighted by Gasteiger charge is 2.34. The van der Waals surface area contributed by atoms with E-state index in [2.05, 4.69) is 15.3 Å². The molecule has 112 valence electrons. The van der Waals surface area contributed by atoms with E-state index in [1.807, 2.05) is 0 Å². The third-order valence-electron chi connectivity index (χ3n) is 2.79. The first-order valence-corrected chi connectivity index (χ1v) is 5.93. The second-order valence-corrected chi connectivity index (χ2v) is 4.69. The highest BCUT2D eigenvalue weighted by Crippen LogP contribution is 2.30. The molecule has 1 aromatic rings. The number of alkyl halides is 3. The van der Waals surface area contributed by atoms with E-state index in [0.29, 0.717) is 0 Å². The van der Waals surface area contributed by atoms with Crippen LogP contribution >= 0.6 is 0 Å². The zero-order valence-electron chi connectivity index (χ0n) is 11.0. The summed E-state index contributed by atoms with van der Waals surface area (Å²) in [6.45, 7) is 0.360. The van der Waals surface area contributed by atoms with Crippen LogP contribution in [0, 0.1) is 0 Å². The highest BCUT2D eigenvalue weighted by atomic mass is 19.4. The molecule has 6 nitrogen and oxygen atoms in total. The third-order valence-corrected chi connectivity index (χ3v) is 2.79. The lowest BCUT2D eigenvalue weighted by molar-refractivity contribution is -0.141. The fraction of sp³-hybridized carbons (Fsp3) is 0.636. The van der Waals surface area contributed by atoms with E-state index in [-0.39, 0.29) is 25.0 Å². The summed E-state index contributed by atoms with van der Waals surface area (Å²) in [6, 6.07) is 0.332. The summed E-state index contributed by atoms with van der Waals surface area (Å²) in [5.74, 6) is -0.0543. The van der Waals surface area contributed by atoms with Crippen molar-refractivity contribution in [2.24, 2.45) is 0 Å². The predicted molar refractivity (Wildman–Crippen MR) is 65.6 cm³/mol. The fourth-order valence-corrected chi connectivity index (χ4v) is 1.72. The quantitative estimate of drug-likeness (QED) is 0.856. The number of hydrogen-bond acceptors (Lipinski definition) is 6. The Morgan fingerprint density at radius 2 is 2.05 bits per heavy atom. The van der Waals surface area contributed by atoms with E-state index in [4.69, 9.17) is 4.74 Å². The molecule has 1 aliphatic rings. The maximum absolute atomic E-state index is 12.8. The topological polar surface area (TPSA) is 70.5 Å². The Morgan fingerprint density at radius 3 is 2.55 bits per heavy atom. The maximum Gasteiger partial charge on any atom is 0.433 e. The Balaban J connectivity index is 2.29. The predicted octanol–water partition coefficient (Wildman–Crippen LogP) is 0.733. The van der Waals surface area contributed by atoms with Gasteiger partial charge in [-0.15, -0.1) is 0 Å². The van der Waals surface area contributed by atoms with Crippen molar-refractivity contribution < 1.29 is 23.0 Å². The van der Waals surface area contributed by atoms with Gasteiger partial charge in [0.2, 0.25) is 5.95 Å². The number of ether oxygens (including phenoxy) is 1. The van der Waals surface area contributed by atoms with Crippen LogP contribution in [-0.4, -0.2) is 54.5 Å². The molecule has 0 aromatic carbocycles. The molecule has 2 unspecified atom stereocenters. The van der Waals surface area contributed by atoms with Gasteiger partial charge < -0.3 is 20.1 Å². The Morgan fingerprint density at radius 1 is 1.35 bits per heavy atom. The summed E-state index contributed by atoms with van der Waals surface area (Å²) in [5.41, 5.74) is -1.04. The number of aliphatic hydroxyl groups is 1. The zero-order chi connectivity index (χ0) is 14.9. The van der Waals surface area contributed by atoms with Crippen LogP contribution in [0.25, 0.3) is 0 Å². The molecule has 0 radical (unpaired) electrons. The standard InChI is InChI=1S/C11H15F3N4O2/c1-18(2)10-16-8(11(12,13)14)3-9(17-10)15-6-4-20-5-7(6)19/h3,6-7,19H,4-5H2,1-2H3,(H,15,16,17). The number of nitrogens with one attached hydrogen (secondary N) is 1. The van der Waals surface area contributed by atoms with Crippen LogP contribution in [0.1, 0.15) is 5.69 Å². The summed E-state index contributed by atoms with van der Waals surface area (Å²) in [6.07, 6.45) is -5.34. The van der Waals surface area contributed by atoms with Gasteiger partial charge in [-0.1, -0.05) is 0 Å². The van der Waals surface area contributed by atoms with Gasteiger partial charge in [0.25, 0.3) is 0 Å². The molecule has 1 aliphatic heterocycles. The van der Waals surface area contributed by atoms with Gasteiger partial charge in [0, 0.05) is 20.2 Å². The van der Waals surface area contributed by atoms with Gasteiger partial charge in [0.1, 0.15) is 5.82 Å². The maximum atomic E-state index is 12.8. The number of aromatic nitrogens is 2. The van der Waals surface area contributed by atoms with Crippen molar-refractivity contribution >= 4 is 11.8 Å². The minimum atomic E-state index is -4.56. The normalized spacial score (nSPS) is 22.9. The van der Waals surface area contributed by atoms with Crippen LogP contribution < -0.4 is 10.2 Å². The molecule has 0 bridgehead atoms. The number of nitrogens with zero attached hydrogens (tertiary/aromatic N) is 3. The smallest absolute Gasteiger partial charge is 0.388 e. The van der Waals surface area contributed by atoms with E-state index < -0.39 is 24.0 Å². The van der Waals surface area contributed by atoms with E-state index in [0.717, 1.165) is 6.07 Å². The molecule has 2 N–H and O–H groups in total. The summed E-state index contributed by atoms with van der Waals surface area (Å²) in [4.78, 5) is 8.81. The molecule has 20 heavy (non-hydrogen) atoms. The van der Waals surface area contributed by atoms with Gasteiger partial charge in [0.15, 0.2) is 5.69 Å². The van der Waals surface area contributed by atoms with Gasteiger partial charge >= 0.3 is 6.18 Å². The number of halogens is 3. The minimum Gasteiger partial charge on any atom is -0.388 e. The number of hydrogen-bond donors (Lipinski definition) is 2. The van der Waals surface area contributed by atoms with Crippen molar-refractivity contribution in [2.75, 3.05) is 37.5 Å². The monoisotopic (exact) mass is 292 g/mol. The molecule has 0 spiro atoms. The Bertz CT molecular complexity index is 481. The SMILES string of the molecule is CN(C)c1nc(NC2COCC2O)cc(C(F)(F)F)n1. The Kier molecular flexibility index (Phi) is 4.00. The lowest BCUT2D eigenvalue weighted by Gasteiger charge is -2.19. The van der Waals surface area contributed by atoms with Crippen molar-refractivity contribution in [1.29, 1.82) is 0 Å². The average Bonchev–Trinajstić information content (AvgIpc) is 2.73. The molecule has 1 fully saturated rings. The van der Waals surface area contributed by atoms with Crippen LogP contribution in [0.15, 0.2) is 6.07 Å². The van der Waals surface area contributed by atoms with Gasteiger partial charge in [0.05, 0.1) is 25.4 Å². The van der Waals surface area contributed by atoms with E-state index >= 15 is 0 Å². The molecular weight excluding hydrogens is 277 g/mol. The first-order chi connectivity index (χ1) is 9.27. The summed E-state index contributed by atoms with van der Waals surface area (Å²) >= 11 is 0. The van der Waals surface area contributed by atoms with E-state index in [1.165, 1.54) is 4.90 Å². The van der Waals surface area contributed by atoms with Crippen molar-refractivity contribution in [3.8, 4) is 0 Å². The first-order valence-electron chi connectivity index (χ1n) is 5.93. The van der Waals surface area contributed by atoms with Crippen LogP contribution in [0.5, 0.6) is 0 Å². The van der Waals surface area contributed by atoms with Gasteiger partial charge in [-0.2, -0.15) is 18.2 Å². The second kappa shape index (κ2) is 5.41. The van der Waals surface area contributed by atoms with Crippen molar-refractivity contribution in [3.63, 3.8) is 0 Å². The fourth-order valence-electron chi connectivity index (χ4n) is 1.72. The molecule has 0 amide bonds. The molecule has 9 heteroatoms. The van der Waals surface area contributed by atoms with Gasteiger partial charge in [-0.05, 0) is 0 Å². The number of anilines is 2. The molecule has 0 saturated carbocycles. The van der Waals surface area contributed by atoms with Gasteiger partial charge in [-0.3, -0.25) is 0 Å². The van der Waals surface area contributed by atoms with Crippen LogP contribution in [0.3, 0.4) is 0 Å². The Hall–Kier alpha value is -1.61. The van der Waals surface area contributed by atoms with Crippen LogP contribution in [0.4, 0.5) is 24.9 Å². The van der Waals surface area contributed by atoms with Crippen molar-refractivity contribution in [1.82, 2.24) is 9.97 Å². The Labute approximate surface area is 113 Å². The molecule has 0 aliphatic carbocycles. The number of rotatable bonds is 3. The lowest BCUT2D eigenvalue weighted by Crippen LogP contribution is -2.32. The summed E-state index contributed by atoms with van der Waals surface area (Å²) in [7, 11) is 3.10. The van der Waals surface area contributed by atoms with Crippen LogP contribution in [-0.2, 0) is 10.9 Å². The van der Waals surface area contributed by atoms with E-state index in [9.17, 15) is 18.3 Å². The van der Waals surface area contributed by atoms with Crippen LogP contribution in [0.2, 0.25) is 0 Å². The average molecular weight is 292 g/mol. The van der Waals surface area contributed by atoms with Crippen molar-refractivity contribution in [2.45, 2.75) is 18.3 Å². The molecule has 2 rings (SSSR count). The van der Waals surface area contributed by atoms with E-state index in [1.54, 1.807) is 14.1 Å².